The maximum absolute atomic E-state index is 13.7. The van der Waals surface area contributed by atoms with Crippen molar-refractivity contribution in [3.8, 4) is 0 Å². The van der Waals surface area contributed by atoms with E-state index in [4.69, 9.17) is 5.11 Å². The minimum absolute atomic E-state index is 0.295. The van der Waals surface area contributed by atoms with Crippen LogP contribution in [-0.4, -0.2) is 30.9 Å². The van der Waals surface area contributed by atoms with E-state index in [-0.39, 0.29) is 11.5 Å². The van der Waals surface area contributed by atoms with E-state index in [0.717, 1.165) is 12.5 Å². The van der Waals surface area contributed by atoms with Gasteiger partial charge >= 0.3 is 0 Å². The summed E-state index contributed by atoms with van der Waals surface area (Å²) < 4.78 is 39.5. The van der Waals surface area contributed by atoms with Gasteiger partial charge in [0.05, 0.1) is 6.61 Å². The highest BCUT2D eigenvalue weighted by molar-refractivity contribution is 7.89. The Morgan fingerprint density at radius 3 is 2.78 bits per heavy atom. The van der Waals surface area contributed by atoms with Crippen LogP contribution in [0.25, 0.3) is 0 Å². The summed E-state index contributed by atoms with van der Waals surface area (Å²) >= 11 is 0. The lowest BCUT2D eigenvalue weighted by molar-refractivity contribution is 0.281. The minimum Gasteiger partial charge on any atom is -0.392 e. The van der Waals surface area contributed by atoms with Crippen molar-refractivity contribution in [2.75, 3.05) is 13.1 Å². The Labute approximate surface area is 106 Å². The standard InChI is InChI=1S/C12H16FNO3S/c1-9-4-5-14(7-9)18(16,17)12-6-10(8-15)2-3-11(12)13/h2-3,6,9,15H,4-5,7-8H2,1H3. The van der Waals surface area contributed by atoms with Crippen molar-refractivity contribution in [1.82, 2.24) is 4.31 Å². The van der Waals surface area contributed by atoms with E-state index in [0.29, 0.717) is 24.6 Å². The van der Waals surface area contributed by atoms with Gasteiger partial charge in [-0.1, -0.05) is 13.0 Å². The summed E-state index contributed by atoms with van der Waals surface area (Å²) in [6.45, 7) is 2.51. The second-order valence-corrected chi connectivity index (χ2v) is 6.59. The molecular formula is C12H16FNO3S. The maximum atomic E-state index is 13.7. The molecule has 0 saturated carbocycles. The van der Waals surface area contributed by atoms with E-state index in [1.807, 2.05) is 6.92 Å². The fourth-order valence-corrected chi connectivity index (χ4v) is 3.79. The molecule has 0 aliphatic carbocycles. The predicted octanol–water partition coefficient (Wildman–Crippen LogP) is 1.35. The second kappa shape index (κ2) is 4.95. The summed E-state index contributed by atoms with van der Waals surface area (Å²) in [5.74, 6) is -0.476. The van der Waals surface area contributed by atoms with Crippen LogP contribution in [0, 0.1) is 11.7 Å². The fourth-order valence-electron chi connectivity index (χ4n) is 2.10. The molecule has 6 heteroatoms. The van der Waals surface area contributed by atoms with Gasteiger partial charge in [-0.05, 0) is 30.0 Å². The number of nitrogens with zero attached hydrogens (tertiary/aromatic N) is 1. The Bertz CT molecular complexity index is 544. The summed E-state index contributed by atoms with van der Waals surface area (Å²) in [6.07, 6.45) is 0.792. The molecule has 1 N–H and O–H groups in total. The molecule has 100 valence electrons. The first kappa shape index (κ1) is 13.5. The van der Waals surface area contributed by atoms with Gasteiger partial charge in [0.15, 0.2) is 0 Å². The van der Waals surface area contributed by atoms with Gasteiger partial charge in [-0.15, -0.1) is 0 Å². The van der Waals surface area contributed by atoms with Crippen LogP contribution in [0.15, 0.2) is 23.1 Å². The summed E-state index contributed by atoms with van der Waals surface area (Å²) in [5, 5.41) is 9.00. The third kappa shape index (κ3) is 2.41. The van der Waals surface area contributed by atoms with Crippen LogP contribution < -0.4 is 0 Å². The Hall–Kier alpha value is -0.980. The molecule has 1 heterocycles. The van der Waals surface area contributed by atoms with Crippen LogP contribution in [0.2, 0.25) is 0 Å². The molecule has 1 aliphatic heterocycles. The van der Waals surface area contributed by atoms with Crippen LogP contribution in [0.4, 0.5) is 4.39 Å². The summed E-state index contributed by atoms with van der Waals surface area (Å²) in [4.78, 5) is -0.344. The van der Waals surface area contributed by atoms with Gasteiger partial charge in [0.25, 0.3) is 0 Å². The van der Waals surface area contributed by atoms with Crippen LogP contribution in [0.5, 0.6) is 0 Å². The lowest BCUT2D eigenvalue weighted by atomic mass is 10.2. The van der Waals surface area contributed by atoms with Crippen LogP contribution in [-0.2, 0) is 16.6 Å². The summed E-state index contributed by atoms with van der Waals surface area (Å²) in [7, 11) is -3.79. The van der Waals surface area contributed by atoms with E-state index < -0.39 is 15.8 Å². The second-order valence-electron chi connectivity index (χ2n) is 4.68. The smallest absolute Gasteiger partial charge is 0.246 e. The first-order valence-electron chi connectivity index (χ1n) is 5.84. The first-order chi connectivity index (χ1) is 8.45. The van der Waals surface area contributed by atoms with Gasteiger partial charge in [0.2, 0.25) is 10.0 Å². The van der Waals surface area contributed by atoms with E-state index in [2.05, 4.69) is 0 Å². The largest absolute Gasteiger partial charge is 0.392 e. The first-order valence-corrected chi connectivity index (χ1v) is 7.28. The zero-order valence-electron chi connectivity index (χ0n) is 10.1. The predicted molar refractivity (Wildman–Crippen MR) is 64.9 cm³/mol. The van der Waals surface area contributed by atoms with Gasteiger partial charge < -0.3 is 5.11 Å². The Morgan fingerprint density at radius 1 is 1.50 bits per heavy atom. The number of aliphatic hydroxyl groups is 1. The third-order valence-corrected chi connectivity index (χ3v) is 5.06. The molecule has 0 aromatic heterocycles. The van der Waals surface area contributed by atoms with Gasteiger partial charge in [-0.3, -0.25) is 0 Å². The molecule has 18 heavy (non-hydrogen) atoms. The average molecular weight is 273 g/mol. The number of rotatable bonds is 3. The number of hydrogen-bond donors (Lipinski definition) is 1. The minimum atomic E-state index is -3.79. The molecule has 1 saturated heterocycles. The van der Waals surface area contributed by atoms with Crippen LogP contribution in [0.3, 0.4) is 0 Å². The Balaban J connectivity index is 2.40. The molecule has 1 aliphatic rings. The van der Waals surface area contributed by atoms with Crippen LogP contribution in [0.1, 0.15) is 18.9 Å². The SMILES string of the molecule is CC1CCN(S(=O)(=O)c2cc(CO)ccc2F)C1. The molecule has 0 bridgehead atoms. The monoisotopic (exact) mass is 273 g/mol. The molecule has 1 unspecified atom stereocenters. The van der Waals surface area contributed by atoms with Gasteiger partial charge in [0.1, 0.15) is 10.7 Å². The molecule has 2 rings (SSSR count). The molecule has 1 atom stereocenters. The maximum Gasteiger partial charge on any atom is 0.246 e. The molecule has 1 fully saturated rings. The number of halogens is 1. The summed E-state index contributed by atoms with van der Waals surface area (Å²) in [6, 6.07) is 3.66. The third-order valence-electron chi connectivity index (χ3n) is 3.18. The van der Waals surface area contributed by atoms with Gasteiger partial charge in [-0.2, -0.15) is 4.31 Å². The lowest BCUT2D eigenvalue weighted by Crippen LogP contribution is -2.29. The molecule has 4 nitrogen and oxygen atoms in total. The van der Waals surface area contributed by atoms with Gasteiger partial charge in [-0.25, -0.2) is 12.8 Å². The molecule has 1 aromatic rings. The van der Waals surface area contributed by atoms with E-state index in [9.17, 15) is 12.8 Å². The quantitative estimate of drug-likeness (QED) is 0.904. The lowest BCUT2D eigenvalue weighted by Gasteiger charge is -2.17. The van der Waals surface area contributed by atoms with Crippen molar-refractivity contribution in [3.05, 3.63) is 29.6 Å². The molecule has 0 spiro atoms. The van der Waals surface area contributed by atoms with Crippen molar-refractivity contribution < 1.29 is 17.9 Å². The summed E-state index contributed by atoms with van der Waals surface area (Å²) in [5.41, 5.74) is 0.391. The molecule has 0 amide bonds. The number of aliphatic hydroxyl groups excluding tert-OH is 1. The van der Waals surface area contributed by atoms with Crippen molar-refractivity contribution in [1.29, 1.82) is 0 Å². The van der Waals surface area contributed by atoms with Gasteiger partial charge in [0, 0.05) is 13.1 Å². The molecule has 1 aromatic carbocycles. The fraction of sp³-hybridized carbons (Fsp3) is 0.500. The van der Waals surface area contributed by atoms with E-state index >= 15 is 0 Å². The Kier molecular flexibility index (Phi) is 3.70. The van der Waals surface area contributed by atoms with Crippen molar-refractivity contribution in [2.24, 2.45) is 5.92 Å². The topological polar surface area (TPSA) is 57.6 Å². The van der Waals surface area contributed by atoms with Crippen molar-refractivity contribution >= 4 is 10.0 Å². The highest BCUT2D eigenvalue weighted by Crippen LogP contribution is 2.26. The molecular weight excluding hydrogens is 257 g/mol. The van der Waals surface area contributed by atoms with Crippen molar-refractivity contribution in [2.45, 2.75) is 24.8 Å². The Morgan fingerprint density at radius 2 is 2.22 bits per heavy atom. The molecule has 0 radical (unpaired) electrons. The number of sulfonamides is 1. The normalized spacial score (nSPS) is 21.4. The van der Waals surface area contributed by atoms with Crippen molar-refractivity contribution in [3.63, 3.8) is 0 Å². The highest BCUT2D eigenvalue weighted by Gasteiger charge is 2.32. The van der Waals surface area contributed by atoms with E-state index in [1.165, 1.54) is 16.4 Å². The number of benzene rings is 1. The average Bonchev–Trinajstić information content (AvgIpc) is 2.77. The number of hydrogen-bond acceptors (Lipinski definition) is 3. The zero-order valence-corrected chi connectivity index (χ0v) is 11.0. The van der Waals surface area contributed by atoms with Crippen LogP contribution >= 0.6 is 0 Å². The van der Waals surface area contributed by atoms with E-state index in [1.54, 1.807) is 0 Å². The zero-order chi connectivity index (χ0) is 13.3. The highest BCUT2D eigenvalue weighted by atomic mass is 32.2.